The van der Waals surface area contributed by atoms with Crippen molar-refractivity contribution in [1.82, 2.24) is 9.62 Å². The Balaban J connectivity index is 2.23. The van der Waals surface area contributed by atoms with Crippen LogP contribution in [0.5, 0.6) is 0 Å². The van der Waals surface area contributed by atoms with Crippen molar-refractivity contribution in [3.05, 3.63) is 59.7 Å². The van der Waals surface area contributed by atoms with E-state index in [1.165, 1.54) is 41.7 Å². The van der Waals surface area contributed by atoms with Crippen LogP contribution in [-0.4, -0.2) is 56.7 Å². The molecule has 0 bridgehead atoms. The third-order valence-electron chi connectivity index (χ3n) is 5.23. The minimum atomic E-state index is -3.74. The van der Waals surface area contributed by atoms with Crippen molar-refractivity contribution in [3.63, 3.8) is 0 Å². The number of hydrogen-bond acceptors (Lipinski definition) is 6. The van der Waals surface area contributed by atoms with E-state index < -0.39 is 33.8 Å². The van der Waals surface area contributed by atoms with Gasteiger partial charge < -0.3 is 15.4 Å². The highest BCUT2D eigenvalue weighted by molar-refractivity contribution is 7.89. The zero-order chi connectivity index (χ0) is 25.5. The van der Waals surface area contributed by atoms with Crippen LogP contribution in [0.25, 0.3) is 0 Å². The number of anilines is 1. The zero-order valence-electron chi connectivity index (χ0n) is 20.0. The maximum absolute atomic E-state index is 12.9. The SMILES string of the molecule is CCN(CC)S(=O)(=O)c1cccc(C(=O)N[C@H](C(=O)Nc2cccc(C(=O)OC)c2)C(C)C)c1. The number of rotatable bonds is 10. The molecule has 1 atom stereocenters. The van der Waals surface area contributed by atoms with Gasteiger partial charge in [-0.15, -0.1) is 0 Å². The van der Waals surface area contributed by atoms with E-state index in [9.17, 15) is 22.8 Å². The molecule has 2 aromatic carbocycles. The molecular formula is C24H31N3O6S. The molecule has 2 rings (SSSR count). The van der Waals surface area contributed by atoms with Gasteiger partial charge >= 0.3 is 5.97 Å². The summed E-state index contributed by atoms with van der Waals surface area (Å²) >= 11 is 0. The first-order valence-electron chi connectivity index (χ1n) is 10.9. The summed E-state index contributed by atoms with van der Waals surface area (Å²) in [4.78, 5) is 37.6. The van der Waals surface area contributed by atoms with Crippen molar-refractivity contribution >= 4 is 33.5 Å². The molecule has 34 heavy (non-hydrogen) atoms. The second-order valence-corrected chi connectivity index (χ2v) is 9.81. The number of amides is 2. The van der Waals surface area contributed by atoms with Gasteiger partial charge in [-0.1, -0.05) is 39.8 Å². The Hall–Kier alpha value is -3.24. The minimum absolute atomic E-state index is 0.00836. The molecule has 0 saturated heterocycles. The van der Waals surface area contributed by atoms with Gasteiger partial charge in [0, 0.05) is 24.3 Å². The van der Waals surface area contributed by atoms with Crippen molar-refractivity contribution in [3.8, 4) is 0 Å². The number of nitrogens with zero attached hydrogens (tertiary/aromatic N) is 1. The van der Waals surface area contributed by atoms with E-state index in [1.54, 1.807) is 45.9 Å². The molecular weight excluding hydrogens is 458 g/mol. The van der Waals surface area contributed by atoms with Crippen molar-refractivity contribution in [2.24, 2.45) is 5.92 Å². The lowest BCUT2D eigenvalue weighted by Crippen LogP contribution is -2.47. The highest BCUT2D eigenvalue weighted by atomic mass is 32.2. The molecule has 0 unspecified atom stereocenters. The number of hydrogen-bond donors (Lipinski definition) is 2. The number of esters is 1. The molecule has 2 amide bonds. The Kier molecular flexibility index (Phi) is 9.34. The van der Waals surface area contributed by atoms with Crippen LogP contribution in [0.15, 0.2) is 53.4 Å². The van der Waals surface area contributed by atoms with Gasteiger partial charge in [0.05, 0.1) is 17.6 Å². The Morgan fingerprint density at radius 1 is 0.971 bits per heavy atom. The lowest BCUT2D eigenvalue weighted by molar-refractivity contribution is -0.118. The number of carbonyl (C=O) groups is 3. The quantitative estimate of drug-likeness (QED) is 0.495. The van der Waals surface area contributed by atoms with Crippen LogP contribution in [0.1, 0.15) is 48.4 Å². The fraction of sp³-hybridized carbons (Fsp3) is 0.375. The van der Waals surface area contributed by atoms with Crippen LogP contribution >= 0.6 is 0 Å². The number of ether oxygens (including phenoxy) is 1. The molecule has 2 aromatic rings. The third kappa shape index (κ3) is 6.42. The summed E-state index contributed by atoms with van der Waals surface area (Å²) in [6.45, 7) is 7.64. The first kappa shape index (κ1) is 27.0. The van der Waals surface area contributed by atoms with E-state index in [2.05, 4.69) is 10.6 Å². The monoisotopic (exact) mass is 489 g/mol. The van der Waals surface area contributed by atoms with Gasteiger partial charge in [0.1, 0.15) is 6.04 Å². The van der Waals surface area contributed by atoms with Crippen LogP contribution in [0.2, 0.25) is 0 Å². The van der Waals surface area contributed by atoms with Gasteiger partial charge in [-0.3, -0.25) is 9.59 Å². The average Bonchev–Trinajstić information content (AvgIpc) is 2.82. The Morgan fingerprint density at radius 3 is 2.18 bits per heavy atom. The summed E-state index contributed by atoms with van der Waals surface area (Å²) in [5.41, 5.74) is 0.774. The molecule has 0 aliphatic carbocycles. The Labute approximate surface area is 200 Å². The van der Waals surface area contributed by atoms with Gasteiger partial charge in [0.2, 0.25) is 15.9 Å². The summed E-state index contributed by atoms with van der Waals surface area (Å²) in [7, 11) is -2.47. The molecule has 184 valence electrons. The highest BCUT2D eigenvalue weighted by Gasteiger charge is 2.27. The van der Waals surface area contributed by atoms with E-state index in [1.807, 2.05) is 0 Å². The molecule has 0 saturated carbocycles. The predicted octanol–water partition coefficient (Wildman–Crippen LogP) is 2.90. The van der Waals surface area contributed by atoms with Gasteiger partial charge in [-0.2, -0.15) is 4.31 Å². The number of sulfonamides is 1. The first-order chi connectivity index (χ1) is 16.0. The van der Waals surface area contributed by atoms with E-state index in [0.29, 0.717) is 18.8 Å². The van der Waals surface area contributed by atoms with Crippen molar-refractivity contribution in [1.29, 1.82) is 0 Å². The maximum atomic E-state index is 12.9. The summed E-state index contributed by atoms with van der Waals surface area (Å²) in [5.74, 6) is -1.86. The summed E-state index contributed by atoms with van der Waals surface area (Å²) in [5, 5.41) is 5.39. The van der Waals surface area contributed by atoms with Crippen LogP contribution in [0.4, 0.5) is 5.69 Å². The predicted molar refractivity (Wildman–Crippen MR) is 129 cm³/mol. The standard InChI is InChI=1S/C24H31N3O6S/c1-6-27(7-2)34(31,32)20-13-9-10-17(15-20)22(28)26-21(16(3)4)23(29)25-19-12-8-11-18(14-19)24(30)33-5/h8-16,21H,6-7H2,1-5H3,(H,25,29)(H,26,28)/t21-/m0/s1. The third-order valence-corrected chi connectivity index (χ3v) is 7.27. The number of nitrogens with one attached hydrogen (secondary N) is 2. The molecule has 0 aliphatic rings. The molecule has 0 aliphatic heterocycles. The lowest BCUT2D eigenvalue weighted by atomic mass is 10.0. The fourth-order valence-electron chi connectivity index (χ4n) is 3.33. The van der Waals surface area contributed by atoms with Crippen molar-refractivity contribution in [2.75, 3.05) is 25.5 Å². The van der Waals surface area contributed by atoms with Gasteiger partial charge in [-0.25, -0.2) is 13.2 Å². The minimum Gasteiger partial charge on any atom is -0.465 e. The zero-order valence-corrected chi connectivity index (χ0v) is 20.8. The fourth-order valence-corrected chi connectivity index (χ4v) is 4.84. The van der Waals surface area contributed by atoms with Crippen LogP contribution in [-0.2, 0) is 19.6 Å². The largest absolute Gasteiger partial charge is 0.465 e. The number of carbonyl (C=O) groups excluding carboxylic acids is 3. The van der Waals surface area contributed by atoms with Crippen LogP contribution < -0.4 is 10.6 Å². The van der Waals surface area contributed by atoms with Crippen molar-refractivity contribution in [2.45, 2.75) is 38.6 Å². The Morgan fingerprint density at radius 2 is 1.59 bits per heavy atom. The molecule has 0 heterocycles. The highest BCUT2D eigenvalue weighted by Crippen LogP contribution is 2.18. The second kappa shape index (κ2) is 11.8. The normalized spacial score (nSPS) is 12.3. The van der Waals surface area contributed by atoms with E-state index >= 15 is 0 Å². The maximum Gasteiger partial charge on any atom is 0.337 e. The van der Waals surface area contributed by atoms with E-state index in [4.69, 9.17) is 4.74 Å². The van der Waals surface area contributed by atoms with Gasteiger partial charge in [0.25, 0.3) is 5.91 Å². The Bertz CT molecular complexity index is 1140. The lowest BCUT2D eigenvalue weighted by Gasteiger charge is -2.22. The van der Waals surface area contributed by atoms with Crippen LogP contribution in [0.3, 0.4) is 0 Å². The second-order valence-electron chi connectivity index (χ2n) is 7.87. The number of benzene rings is 2. The average molecular weight is 490 g/mol. The van der Waals surface area contributed by atoms with Gasteiger partial charge in [-0.05, 0) is 42.3 Å². The smallest absolute Gasteiger partial charge is 0.337 e. The summed E-state index contributed by atoms with van der Waals surface area (Å²) in [6.07, 6.45) is 0. The molecule has 0 fully saturated rings. The summed E-state index contributed by atoms with van der Waals surface area (Å²) in [6, 6.07) is 11.1. The topological polar surface area (TPSA) is 122 Å². The molecule has 10 heteroatoms. The summed E-state index contributed by atoms with van der Waals surface area (Å²) < 4.78 is 31.6. The van der Waals surface area contributed by atoms with E-state index in [-0.39, 0.29) is 21.9 Å². The molecule has 0 radical (unpaired) electrons. The van der Waals surface area contributed by atoms with Crippen LogP contribution in [0, 0.1) is 5.92 Å². The number of methoxy groups -OCH3 is 1. The molecule has 2 N–H and O–H groups in total. The first-order valence-corrected chi connectivity index (χ1v) is 12.4. The van der Waals surface area contributed by atoms with Gasteiger partial charge in [0.15, 0.2) is 0 Å². The molecule has 0 spiro atoms. The van der Waals surface area contributed by atoms with E-state index in [0.717, 1.165) is 0 Å². The molecule has 9 nitrogen and oxygen atoms in total. The molecule has 0 aromatic heterocycles. The van der Waals surface area contributed by atoms with Crippen molar-refractivity contribution < 1.29 is 27.5 Å².